The van der Waals surface area contributed by atoms with Crippen LogP contribution in [0.2, 0.25) is 0 Å². The van der Waals surface area contributed by atoms with Crippen LogP contribution in [0.3, 0.4) is 0 Å². The van der Waals surface area contributed by atoms with Crippen molar-refractivity contribution in [3.05, 3.63) is 24.3 Å². The van der Waals surface area contributed by atoms with Gasteiger partial charge in [-0.1, -0.05) is 24.0 Å². The predicted molar refractivity (Wildman–Crippen MR) is 89.0 cm³/mol. The molecule has 2 aliphatic rings. The molecular formula is C19H21N3O2. The van der Waals surface area contributed by atoms with Crippen LogP contribution in [0.25, 0.3) is 0 Å². The standard InChI is InChI=1S/C19H21N3O2/c1-3-6-16-17(11-15-7-8-18(16)22-15)19(12-20,13-21)9-4-5-10-24-14(2)23/h3,11,15-16,18,22H,1,6-10H2,2H3/t15-,16-,18+/m1/s1. The second-order valence-electron chi connectivity index (χ2n) is 6.15. The lowest BCUT2D eigenvalue weighted by atomic mass is 9.70. The molecule has 0 aromatic rings. The van der Waals surface area contributed by atoms with Crippen LogP contribution in [-0.2, 0) is 9.53 Å². The number of nitrogens with zero attached hydrogens (tertiary/aromatic N) is 2. The number of nitriles is 2. The molecule has 2 rings (SSSR count). The third-order valence-corrected chi connectivity index (χ3v) is 4.60. The minimum Gasteiger partial charge on any atom is -0.453 e. The summed E-state index contributed by atoms with van der Waals surface area (Å²) in [5.74, 6) is 5.23. The van der Waals surface area contributed by atoms with E-state index >= 15 is 0 Å². The number of carbonyl (C=O) groups excluding carboxylic acids is 1. The predicted octanol–water partition coefficient (Wildman–Crippen LogP) is 2.23. The Morgan fingerprint density at radius 3 is 2.83 bits per heavy atom. The lowest BCUT2D eigenvalue weighted by Gasteiger charge is -2.35. The Balaban J connectivity index is 2.25. The number of ether oxygens (including phenoxy) is 1. The molecule has 1 fully saturated rings. The Morgan fingerprint density at radius 1 is 1.46 bits per heavy atom. The van der Waals surface area contributed by atoms with Gasteiger partial charge in [-0.25, -0.2) is 0 Å². The zero-order valence-corrected chi connectivity index (χ0v) is 13.8. The zero-order valence-electron chi connectivity index (χ0n) is 13.8. The molecule has 0 aromatic carbocycles. The summed E-state index contributed by atoms with van der Waals surface area (Å²) in [7, 11) is 0. The Hall–Kier alpha value is -2.55. The smallest absolute Gasteiger partial charge is 0.303 e. The normalized spacial score (nSPS) is 24.6. The average molecular weight is 323 g/mol. The van der Waals surface area contributed by atoms with Crippen molar-refractivity contribution < 1.29 is 9.53 Å². The number of carbonyl (C=O) groups is 1. The number of hydrogen-bond acceptors (Lipinski definition) is 5. The van der Waals surface area contributed by atoms with Crippen LogP contribution < -0.4 is 5.32 Å². The maximum Gasteiger partial charge on any atom is 0.303 e. The summed E-state index contributed by atoms with van der Waals surface area (Å²) in [5, 5.41) is 23.0. The SMILES string of the molecule is C=CC[C@@H]1C(C(C#N)(C#N)CC#CCOC(C)=O)=C[C@H]2CC[C@@H]1N2. The summed E-state index contributed by atoms with van der Waals surface area (Å²) in [6.07, 6.45) is 6.77. The van der Waals surface area contributed by atoms with Gasteiger partial charge in [0, 0.05) is 31.3 Å². The summed E-state index contributed by atoms with van der Waals surface area (Å²) in [6.45, 7) is 5.10. The van der Waals surface area contributed by atoms with Crippen LogP contribution >= 0.6 is 0 Å². The van der Waals surface area contributed by atoms with E-state index in [0.717, 1.165) is 24.8 Å². The lowest BCUT2D eigenvalue weighted by molar-refractivity contribution is -0.139. The van der Waals surface area contributed by atoms with E-state index in [1.807, 2.05) is 12.2 Å². The largest absolute Gasteiger partial charge is 0.453 e. The van der Waals surface area contributed by atoms with E-state index in [0.29, 0.717) is 0 Å². The minimum atomic E-state index is -1.26. The highest BCUT2D eigenvalue weighted by molar-refractivity contribution is 5.66. The molecular weight excluding hydrogens is 302 g/mol. The van der Waals surface area contributed by atoms with Crippen LogP contribution in [0.5, 0.6) is 0 Å². The zero-order chi connectivity index (χ0) is 17.6. The van der Waals surface area contributed by atoms with Gasteiger partial charge in [-0.2, -0.15) is 10.5 Å². The fourth-order valence-corrected chi connectivity index (χ4v) is 3.46. The molecule has 0 saturated carbocycles. The fourth-order valence-electron chi connectivity index (χ4n) is 3.46. The van der Waals surface area contributed by atoms with Crippen LogP contribution in [-0.4, -0.2) is 24.7 Å². The van der Waals surface area contributed by atoms with Gasteiger partial charge >= 0.3 is 5.97 Å². The molecule has 2 heterocycles. The molecule has 0 amide bonds. The monoisotopic (exact) mass is 323 g/mol. The molecule has 2 aliphatic heterocycles. The van der Waals surface area contributed by atoms with Crippen molar-refractivity contribution in [3.8, 4) is 24.0 Å². The molecule has 5 nitrogen and oxygen atoms in total. The first-order valence-corrected chi connectivity index (χ1v) is 8.07. The third kappa shape index (κ3) is 3.67. The maximum absolute atomic E-state index is 10.7. The first-order chi connectivity index (χ1) is 11.6. The molecule has 3 atom stereocenters. The molecule has 0 aromatic heterocycles. The Labute approximate surface area is 143 Å². The molecule has 5 heteroatoms. The number of allylic oxidation sites excluding steroid dienone is 1. The highest BCUT2D eigenvalue weighted by Crippen LogP contribution is 2.44. The van der Waals surface area contributed by atoms with E-state index < -0.39 is 11.4 Å². The topological polar surface area (TPSA) is 85.9 Å². The quantitative estimate of drug-likeness (QED) is 0.476. The molecule has 124 valence electrons. The first-order valence-electron chi connectivity index (χ1n) is 8.07. The van der Waals surface area contributed by atoms with E-state index in [-0.39, 0.29) is 31.0 Å². The number of esters is 1. The second-order valence-corrected chi connectivity index (χ2v) is 6.15. The van der Waals surface area contributed by atoms with Crippen molar-refractivity contribution in [2.24, 2.45) is 11.3 Å². The molecule has 0 aliphatic carbocycles. The van der Waals surface area contributed by atoms with Gasteiger partial charge in [-0.15, -0.1) is 6.58 Å². The molecule has 0 radical (unpaired) electrons. The van der Waals surface area contributed by atoms with Gasteiger partial charge in [0.15, 0.2) is 12.0 Å². The maximum atomic E-state index is 10.7. The number of fused-ring (bicyclic) bond motifs is 2. The van der Waals surface area contributed by atoms with Crippen molar-refractivity contribution in [1.29, 1.82) is 10.5 Å². The van der Waals surface area contributed by atoms with Crippen molar-refractivity contribution in [2.45, 2.75) is 44.7 Å². The molecule has 24 heavy (non-hydrogen) atoms. The Kier molecular flexibility index (Phi) is 5.80. The van der Waals surface area contributed by atoms with Crippen LogP contribution in [0, 0.1) is 45.8 Å². The fraction of sp³-hybridized carbons (Fsp3) is 0.526. The first kappa shape index (κ1) is 17.8. The third-order valence-electron chi connectivity index (χ3n) is 4.60. The molecule has 1 N–H and O–H groups in total. The molecule has 0 unspecified atom stereocenters. The van der Waals surface area contributed by atoms with Gasteiger partial charge in [0.2, 0.25) is 0 Å². The van der Waals surface area contributed by atoms with E-state index in [4.69, 9.17) is 4.74 Å². The van der Waals surface area contributed by atoms with Gasteiger partial charge in [0.25, 0.3) is 0 Å². The van der Waals surface area contributed by atoms with Gasteiger partial charge in [-0.3, -0.25) is 4.79 Å². The van der Waals surface area contributed by atoms with Crippen LogP contribution in [0.1, 0.15) is 32.6 Å². The molecule has 1 saturated heterocycles. The van der Waals surface area contributed by atoms with Crippen LogP contribution in [0.4, 0.5) is 0 Å². The average Bonchev–Trinajstić information content (AvgIpc) is 2.96. The Bertz CT molecular complexity index is 670. The van der Waals surface area contributed by atoms with E-state index in [1.165, 1.54) is 6.92 Å². The highest BCUT2D eigenvalue weighted by atomic mass is 16.5. The van der Waals surface area contributed by atoms with Gasteiger partial charge in [0.1, 0.15) is 0 Å². The van der Waals surface area contributed by atoms with Gasteiger partial charge in [0.05, 0.1) is 12.1 Å². The highest BCUT2D eigenvalue weighted by Gasteiger charge is 2.45. The lowest BCUT2D eigenvalue weighted by Crippen LogP contribution is -2.43. The van der Waals surface area contributed by atoms with E-state index in [1.54, 1.807) is 0 Å². The summed E-state index contributed by atoms with van der Waals surface area (Å²) < 4.78 is 4.76. The summed E-state index contributed by atoms with van der Waals surface area (Å²) in [4.78, 5) is 10.7. The number of nitrogens with one attached hydrogen (secondary N) is 1. The summed E-state index contributed by atoms with van der Waals surface area (Å²) in [5.41, 5.74) is -0.403. The van der Waals surface area contributed by atoms with Gasteiger partial charge in [-0.05, 0) is 24.8 Å². The van der Waals surface area contributed by atoms with E-state index in [2.05, 4.69) is 35.9 Å². The van der Waals surface area contributed by atoms with Crippen molar-refractivity contribution in [3.63, 3.8) is 0 Å². The van der Waals surface area contributed by atoms with E-state index in [9.17, 15) is 15.3 Å². The molecule has 0 spiro atoms. The Morgan fingerprint density at radius 2 is 2.21 bits per heavy atom. The summed E-state index contributed by atoms with van der Waals surface area (Å²) >= 11 is 0. The van der Waals surface area contributed by atoms with Gasteiger partial charge < -0.3 is 10.1 Å². The van der Waals surface area contributed by atoms with Crippen molar-refractivity contribution >= 4 is 5.97 Å². The minimum absolute atomic E-state index is 0.0236. The number of rotatable bonds is 5. The molecule has 2 bridgehead atoms. The summed E-state index contributed by atoms with van der Waals surface area (Å²) in [6, 6.07) is 4.88. The van der Waals surface area contributed by atoms with Crippen LogP contribution in [0.15, 0.2) is 24.3 Å². The van der Waals surface area contributed by atoms with Crippen molar-refractivity contribution in [1.82, 2.24) is 5.32 Å². The van der Waals surface area contributed by atoms with Crippen molar-refractivity contribution in [2.75, 3.05) is 6.61 Å². The number of hydrogen-bond donors (Lipinski definition) is 1. The second kappa shape index (κ2) is 7.82.